The Morgan fingerprint density at radius 3 is 2.45 bits per heavy atom. The van der Waals surface area contributed by atoms with Crippen LogP contribution in [0.2, 0.25) is 0 Å². The predicted molar refractivity (Wildman–Crippen MR) is 185 cm³/mol. The van der Waals surface area contributed by atoms with E-state index < -0.39 is 12.1 Å². The topological polar surface area (TPSA) is 113 Å². The van der Waals surface area contributed by atoms with Crippen LogP contribution in [0, 0.1) is 5.92 Å². The van der Waals surface area contributed by atoms with Crippen molar-refractivity contribution in [1.29, 1.82) is 0 Å². The van der Waals surface area contributed by atoms with Crippen molar-refractivity contribution in [3.63, 3.8) is 0 Å². The summed E-state index contributed by atoms with van der Waals surface area (Å²) >= 11 is 0. The van der Waals surface area contributed by atoms with Gasteiger partial charge in [-0.05, 0) is 88.2 Å². The number of likely N-dealkylation sites (N-methyl/N-ethyl adjacent to an activating group) is 1. The molecule has 0 bridgehead atoms. The maximum Gasteiger partial charge on any atom is 0.323 e. The number of rotatable bonds is 9. The molecule has 47 heavy (non-hydrogen) atoms. The largest absolute Gasteiger partial charge is 0.497 e. The third-order valence-electron chi connectivity index (χ3n) is 8.44. The van der Waals surface area contributed by atoms with Gasteiger partial charge in [-0.2, -0.15) is 0 Å². The van der Waals surface area contributed by atoms with Crippen molar-refractivity contribution in [2.24, 2.45) is 5.92 Å². The van der Waals surface area contributed by atoms with E-state index in [1.807, 2.05) is 32.0 Å². The number of hydrogen-bond donors (Lipinski definition) is 3. The molecule has 4 atom stereocenters. The SMILES string of the molecule is COc1ccc(NC(=O)Nc2ccc3c(c2)C(=O)N([C@H](C)CO)C[C@H](C)[C@H](CN(C)Cc2ccccc2)OCCCC[C@H](C)O3)cc1. The van der Waals surface area contributed by atoms with Crippen LogP contribution in [0.1, 0.15) is 56.0 Å². The van der Waals surface area contributed by atoms with Crippen LogP contribution in [0.15, 0.2) is 72.8 Å². The number of urea groups is 1. The van der Waals surface area contributed by atoms with Gasteiger partial charge in [-0.25, -0.2) is 4.79 Å². The van der Waals surface area contributed by atoms with Crippen LogP contribution in [0.25, 0.3) is 0 Å². The molecular formula is C37H50N4O6. The van der Waals surface area contributed by atoms with E-state index in [2.05, 4.69) is 41.6 Å². The van der Waals surface area contributed by atoms with Crippen molar-refractivity contribution in [2.75, 3.05) is 51.1 Å². The van der Waals surface area contributed by atoms with Gasteiger partial charge in [0, 0.05) is 43.5 Å². The molecule has 0 saturated carbocycles. The first-order valence-corrected chi connectivity index (χ1v) is 16.5. The minimum Gasteiger partial charge on any atom is -0.497 e. The summed E-state index contributed by atoms with van der Waals surface area (Å²) in [6.45, 7) is 8.19. The second-order valence-corrected chi connectivity index (χ2v) is 12.5. The minimum absolute atomic E-state index is 0.0333. The summed E-state index contributed by atoms with van der Waals surface area (Å²) in [5.41, 5.74) is 2.58. The highest BCUT2D eigenvalue weighted by Gasteiger charge is 2.30. The molecule has 0 unspecified atom stereocenters. The van der Waals surface area contributed by atoms with E-state index in [-0.39, 0.29) is 30.6 Å². The lowest BCUT2D eigenvalue weighted by atomic mass is 10.0. The molecule has 0 spiro atoms. The summed E-state index contributed by atoms with van der Waals surface area (Å²) in [6.07, 6.45) is 2.34. The van der Waals surface area contributed by atoms with Gasteiger partial charge in [-0.15, -0.1) is 0 Å². The number of anilines is 2. The first-order valence-electron chi connectivity index (χ1n) is 16.5. The van der Waals surface area contributed by atoms with Crippen molar-refractivity contribution in [2.45, 2.75) is 64.8 Å². The fourth-order valence-corrected chi connectivity index (χ4v) is 5.70. The quantitative estimate of drug-likeness (QED) is 0.251. The highest BCUT2D eigenvalue weighted by Crippen LogP contribution is 2.29. The number of nitrogens with zero attached hydrogens (tertiary/aromatic N) is 2. The summed E-state index contributed by atoms with van der Waals surface area (Å²) in [5, 5.41) is 15.9. The number of hydrogen-bond acceptors (Lipinski definition) is 7. The Hall–Kier alpha value is -4.12. The zero-order valence-electron chi connectivity index (χ0n) is 28.3. The molecule has 1 aliphatic rings. The number of benzene rings is 3. The van der Waals surface area contributed by atoms with Crippen LogP contribution in [0.3, 0.4) is 0 Å². The number of amides is 3. The first-order chi connectivity index (χ1) is 22.7. The first kappa shape index (κ1) is 35.7. The average molecular weight is 647 g/mol. The van der Waals surface area contributed by atoms with Crippen LogP contribution >= 0.6 is 0 Å². The number of ether oxygens (including phenoxy) is 3. The molecular weight excluding hydrogens is 596 g/mol. The van der Waals surface area contributed by atoms with Gasteiger partial charge < -0.3 is 34.9 Å². The van der Waals surface area contributed by atoms with Crippen molar-refractivity contribution in [3.8, 4) is 11.5 Å². The fraction of sp³-hybridized carbons (Fsp3) is 0.459. The highest BCUT2D eigenvalue weighted by molar-refractivity contribution is 6.02. The Labute approximate surface area is 279 Å². The number of aliphatic hydroxyl groups is 1. The van der Waals surface area contributed by atoms with Gasteiger partial charge in [-0.1, -0.05) is 37.3 Å². The van der Waals surface area contributed by atoms with Gasteiger partial charge >= 0.3 is 6.03 Å². The second kappa shape index (κ2) is 17.7. The number of carbonyl (C=O) groups is 2. The Balaban J connectivity index is 1.57. The minimum atomic E-state index is -0.458. The number of nitrogens with one attached hydrogen (secondary N) is 2. The summed E-state index contributed by atoms with van der Waals surface area (Å²) in [7, 11) is 3.67. The van der Waals surface area contributed by atoms with E-state index in [4.69, 9.17) is 14.2 Å². The van der Waals surface area contributed by atoms with Crippen molar-refractivity contribution >= 4 is 23.3 Å². The Kier molecular flexibility index (Phi) is 13.5. The molecule has 3 N–H and O–H groups in total. The van der Waals surface area contributed by atoms with Gasteiger partial charge in [0.2, 0.25) is 0 Å². The van der Waals surface area contributed by atoms with Crippen LogP contribution in [0.5, 0.6) is 11.5 Å². The van der Waals surface area contributed by atoms with Crippen LogP contribution in [-0.4, -0.2) is 85.6 Å². The smallest absolute Gasteiger partial charge is 0.323 e. The molecule has 254 valence electrons. The monoisotopic (exact) mass is 646 g/mol. The lowest BCUT2D eigenvalue weighted by Crippen LogP contribution is -2.47. The molecule has 1 heterocycles. The third-order valence-corrected chi connectivity index (χ3v) is 8.44. The molecule has 3 amide bonds. The summed E-state index contributed by atoms with van der Waals surface area (Å²) in [5.74, 6) is 0.809. The highest BCUT2D eigenvalue weighted by atomic mass is 16.5. The zero-order chi connectivity index (χ0) is 33.8. The van der Waals surface area contributed by atoms with E-state index in [1.165, 1.54) is 5.56 Å². The third kappa shape index (κ3) is 10.7. The van der Waals surface area contributed by atoms with Gasteiger partial charge in [0.05, 0.1) is 37.5 Å². The van der Waals surface area contributed by atoms with E-state index >= 15 is 0 Å². The molecule has 10 nitrogen and oxygen atoms in total. The molecule has 4 rings (SSSR count). The van der Waals surface area contributed by atoms with Crippen molar-refractivity contribution in [3.05, 3.63) is 83.9 Å². The number of methoxy groups -OCH3 is 1. The average Bonchev–Trinajstić information content (AvgIpc) is 3.06. The zero-order valence-corrected chi connectivity index (χ0v) is 28.3. The molecule has 3 aromatic carbocycles. The van der Waals surface area contributed by atoms with Gasteiger partial charge in [0.1, 0.15) is 11.5 Å². The normalized spacial score (nSPS) is 20.0. The van der Waals surface area contributed by atoms with Crippen LogP contribution in [0.4, 0.5) is 16.2 Å². The number of aliphatic hydroxyl groups excluding tert-OH is 1. The maximum atomic E-state index is 14.4. The van der Waals surface area contributed by atoms with Crippen LogP contribution in [-0.2, 0) is 11.3 Å². The second-order valence-electron chi connectivity index (χ2n) is 12.5. The van der Waals surface area contributed by atoms with Crippen LogP contribution < -0.4 is 20.1 Å². The predicted octanol–water partition coefficient (Wildman–Crippen LogP) is 6.27. The maximum absolute atomic E-state index is 14.4. The lowest BCUT2D eigenvalue weighted by molar-refractivity contribution is -0.0177. The molecule has 1 aliphatic heterocycles. The molecule has 0 saturated heterocycles. The lowest BCUT2D eigenvalue weighted by Gasteiger charge is -2.36. The molecule has 0 fully saturated rings. The molecule has 0 radical (unpaired) electrons. The van der Waals surface area contributed by atoms with Gasteiger partial charge in [0.15, 0.2) is 0 Å². The standard InChI is InChI=1S/C37H50N4O6/c1-26-22-41(27(2)25-42)36(43)33-21-31(39-37(44)38-30-14-17-32(45-5)18-15-30)16-19-34(33)47-28(3)11-9-10-20-46-35(26)24-40(4)23-29-12-7-6-8-13-29/h6-8,12-19,21,26-28,35,42H,9-11,20,22-25H2,1-5H3,(H2,38,39,44)/t26-,27+,28-,35-/m0/s1. The van der Waals surface area contributed by atoms with E-state index in [9.17, 15) is 14.7 Å². The van der Waals surface area contributed by atoms with Crippen molar-refractivity contribution < 1.29 is 28.9 Å². The van der Waals surface area contributed by atoms with E-state index in [1.54, 1.807) is 54.5 Å². The Morgan fingerprint density at radius 2 is 1.74 bits per heavy atom. The van der Waals surface area contributed by atoms with Gasteiger partial charge in [0.25, 0.3) is 5.91 Å². The fourth-order valence-electron chi connectivity index (χ4n) is 5.70. The number of fused-ring (bicyclic) bond motifs is 1. The van der Waals surface area contributed by atoms with E-state index in [0.29, 0.717) is 48.1 Å². The van der Waals surface area contributed by atoms with Gasteiger partial charge in [-0.3, -0.25) is 9.69 Å². The summed E-state index contributed by atoms with van der Waals surface area (Å²) in [6, 6.07) is 21.5. The molecule has 0 aliphatic carbocycles. The molecule has 0 aromatic heterocycles. The van der Waals surface area contributed by atoms with Crippen molar-refractivity contribution in [1.82, 2.24) is 9.80 Å². The Bertz CT molecular complexity index is 1420. The number of carbonyl (C=O) groups excluding carboxylic acids is 2. The van der Waals surface area contributed by atoms with E-state index in [0.717, 1.165) is 25.8 Å². The summed E-state index contributed by atoms with van der Waals surface area (Å²) < 4.78 is 18.0. The molecule has 3 aromatic rings. The Morgan fingerprint density at radius 1 is 1.04 bits per heavy atom. The summed E-state index contributed by atoms with van der Waals surface area (Å²) in [4.78, 5) is 31.2. The molecule has 10 heteroatoms.